The van der Waals surface area contributed by atoms with Crippen LogP contribution in [0.4, 0.5) is 5.82 Å². The molecule has 2 N–H and O–H groups in total. The van der Waals surface area contributed by atoms with Crippen molar-refractivity contribution >= 4 is 5.82 Å². The van der Waals surface area contributed by atoms with Crippen LogP contribution in [0.2, 0.25) is 0 Å². The molecule has 20 heavy (non-hydrogen) atoms. The number of anilines is 1. The first-order chi connectivity index (χ1) is 9.66. The Morgan fingerprint density at radius 1 is 1.30 bits per heavy atom. The molecular formula is C17H22N2O. The Kier molecular flexibility index (Phi) is 3.28. The van der Waals surface area contributed by atoms with Crippen molar-refractivity contribution in [1.82, 2.24) is 5.16 Å². The van der Waals surface area contributed by atoms with Gasteiger partial charge in [-0.2, -0.15) is 0 Å². The van der Waals surface area contributed by atoms with E-state index < -0.39 is 0 Å². The predicted molar refractivity (Wildman–Crippen MR) is 81.5 cm³/mol. The Bertz CT molecular complexity index is 609. The number of hydrogen-bond acceptors (Lipinski definition) is 3. The summed E-state index contributed by atoms with van der Waals surface area (Å²) in [6.07, 6.45) is 5.97. The van der Waals surface area contributed by atoms with Crippen LogP contribution in [-0.2, 0) is 5.41 Å². The Balaban J connectivity index is 2.15. The molecule has 1 aromatic carbocycles. The zero-order chi connectivity index (χ0) is 14.2. The lowest BCUT2D eigenvalue weighted by Gasteiger charge is -2.25. The Labute approximate surface area is 120 Å². The summed E-state index contributed by atoms with van der Waals surface area (Å²) in [6.45, 7) is 4.34. The lowest BCUT2D eigenvalue weighted by atomic mass is 9.78. The van der Waals surface area contributed by atoms with E-state index in [2.05, 4.69) is 43.3 Å². The summed E-state index contributed by atoms with van der Waals surface area (Å²) in [5, 5.41) is 4.06. The maximum absolute atomic E-state index is 6.10. The molecule has 0 radical (unpaired) electrons. The van der Waals surface area contributed by atoms with E-state index in [0.29, 0.717) is 5.82 Å². The molecule has 0 saturated heterocycles. The van der Waals surface area contributed by atoms with E-state index in [1.807, 2.05) is 0 Å². The summed E-state index contributed by atoms with van der Waals surface area (Å²) < 4.78 is 5.69. The van der Waals surface area contributed by atoms with Gasteiger partial charge < -0.3 is 10.3 Å². The van der Waals surface area contributed by atoms with E-state index in [-0.39, 0.29) is 5.41 Å². The molecule has 3 heteroatoms. The van der Waals surface area contributed by atoms with Crippen molar-refractivity contribution in [1.29, 1.82) is 0 Å². The van der Waals surface area contributed by atoms with Crippen LogP contribution >= 0.6 is 0 Å². The van der Waals surface area contributed by atoms with Crippen molar-refractivity contribution in [2.24, 2.45) is 0 Å². The van der Waals surface area contributed by atoms with Gasteiger partial charge in [-0.25, -0.2) is 0 Å². The van der Waals surface area contributed by atoms with Crippen molar-refractivity contribution in [2.75, 3.05) is 5.73 Å². The number of aryl methyl sites for hydroxylation is 1. The summed E-state index contributed by atoms with van der Waals surface area (Å²) in [4.78, 5) is 0. The van der Waals surface area contributed by atoms with Crippen molar-refractivity contribution < 1.29 is 4.52 Å². The maximum atomic E-state index is 6.10. The monoisotopic (exact) mass is 270 g/mol. The summed E-state index contributed by atoms with van der Waals surface area (Å²) >= 11 is 0. The molecule has 1 heterocycles. The fraction of sp³-hybridized carbons (Fsp3) is 0.471. The first-order valence-electron chi connectivity index (χ1n) is 7.49. The van der Waals surface area contributed by atoms with E-state index in [4.69, 9.17) is 10.3 Å². The van der Waals surface area contributed by atoms with Gasteiger partial charge in [0.15, 0.2) is 11.6 Å². The quantitative estimate of drug-likeness (QED) is 0.896. The van der Waals surface area contributed by atoms with Gasteiger partial charge in [0.25, 0.3) is 0 Å². The highest BCUT2D eigenvalue weighted by Crippen LogP contribution is 2.48. The van der Waals surface area contributed by atoms with Crippen LogP contribution in [0.5, 0.6) is 0 Å². The molecule has 2 aromatic rings. The third-order valence-electron chi connectivity index (χ3n) is 4.74. The number of benzene rings is 1. The molecule has 1 aliphatic rings. The Morgan fingerprint density at radius 2 is 2.05 bits per heavy atom. The normalized spacial score (nSPS) is 17.5. The first-order valence-corrected chi connectivity index (χ1v) is 7.49. The molecular weight excluding hydrogens is 248 g/mol. The number of aromatic nitrogens is 1. The number of nitrogen functional groups attached to an aromatic ring is 1. The van der Waals surface area contributed by atoms with Crippen molar-refractivity contribution in [3.05, 3.63) is 35.6 Å². The molecule has 0 aliphatic heterocycles. The van der Waals surface area contributed by atoms with Crippen molar-refractivity contribution in [3.8, 4) is 11.1 Å². The van der Waals surface area contributed by atoms with E-state index in [9.17, 15) is 0 Å². The van der Waals surface area contributed by atoms with Gasteiger partial charge >= 0.3 is 0 Å². The van der Waals surface area contributed by atoms with Gasteiger partial charge in [0.05, 0.1) is 5.56 Å². The molecule has 0 spiro atoms. The minimum absolute atomic E-state index is 0.129. The third kappa shape index (κ3) is 2.01. The highest BCUT2D eigenvalue weighted by atomic mass is 16.5. The van der Waals surface area contributed by atoms with Crippen molar-refractivity contribution in [2.45, 2.75) is 51.4 Å². The number of nitrogens with two attached hydrogens (primary N) is 1. The van der Waals surface area contributed by atoms with Gasteiger partial charge in [0.1, 0.15) is 0 Å². The van der Waals surface area contributed by atoms with Crippen LogP contribution in [0, 0.1) is 6.92 Å². The minimum atomic E-state index is 0.129. The van der Waals surface area contributed by atoms with E-state index in [1.165, 1.54) is 31.2 Å². The van der Waals surface area contributed by atoms with Gasteiger partial charge in [0.2, 0.25) is 0 Å². The third-order valence-corrected chi connectivity index (χ3v) is 4.74. The maximum Gasteiger partial charge on any atom is 0.175 e. The van der Waals surface area contributed by atoms with Gasteiger partial charge in [0, 0.05) is 5.41 Å². The largest absolute Gasteiger partial charge is 0.380 e. The van der Waals surface area contributed by atoms with Crippen LogP contribution in [0.15, 0.2) is 28.8 Å². The summed E-state index contributed by atoms with van der Waals surface area (Å²) in [6, 6.07) is 8.41. The Hall–Kier alpha value is -1.77. The van der Waals surface area contributed by atoms with Crippen LogP contribution in [0.25, 0.3) is 11.1 Å². The zero-order valence-electron chi connectivity index (χ0n) is 12.3. The molecule has 3 nitrogen and oxygen atoms in total. The van der Waals surface area contributed by atoms with Gasteiger partial charge in [-0.15, -0.1) is 0 Å². The average Bonchev–Trinajstić information content (AvgIpc) is 3.06. The molecule has 1 fully saturated rings. The second-order valence-corrected chi connectivity index (χ2v) is 5.98. The summed E-state index contributed by atoms with van der Waals surface area (Å²) in [5.41, 5.74) is 9.59. The summed E-state index contributed by atoms with van der Waals surface area (Å²) in [7, 11) is 0. The van der Waals surface area contributed by atoms with E-state index in [1.54, 1.807) is 0 Å². The SMILES string of the molecule is CCC1(c2onc(N)c2-c2cccc(C)c2)CCCC1. The molecule has 0 unspecified atom stereocenters. The molecule has 1 aromatic heterocycles. The van der Waals surface area contributed by atoms with Crippen LogP contribution in [-0.4, -0.2) is 5.16 Å². The molecule has 106 valence electrons. The van der Waals surface area contributed by atoms with E-state index in [0.717, 1.165) is 23.3 Å². The topological polar surface area (TPSA) is 52.0 Å². The molecule has 1 saturated carbocycles. The standard InChI is InChI=1S/C17H22N2O/c1-3-17(9-4-5-10-17)15-14(16(18)19-20-15)13-8-6-7-12(2)11-13/h6-8,11H,3-5,9-10H2,1-2H3,(H2,18,19). The highest BCUT2D eigenvalue weighted by molar-refractivity contribution is 5.77. The first kappa shape index (κ1) is 13.2. The average molecular weight is 270 g/mol. The highest BCUT2D eigenvalue weighted by Gasteiger charge is 2.40. The second kappa shape index (κ2) is 4.97. The predicted octanol–water partition coefficient (Wildman–Crippen LogP) is 4.45. The Morgan fingerprint density at radius 3 is 2.70 bits per heavy atom. The number of hydrogen-bond donors (Lipinski definition) is 1. The van der Waals surface area contributed by atoms with Gasteiger partial charge in [-0.05, 0) is 31.7 Å². The van der Waals surface area contributed by atoms with Crippen LogP contribution in [0.1, 0.15) is 50.4 Å². The fourth-order valence-electron chi connectivity index (χ4n) is 3.54. The summed E-state index contributed by atoms with van der Waals surface area (Å²) in [5.74, 6) is 1.52. The fourth-order valence-corrected chi connectivity index (χ4v) is 3.54. The van der Waals surface area contributed by atoms with Gasteiger partial charge in [-0.1, -0.05) is 54.8 Å². The van der Waals surface area contributed by atoms with Crippen LogP contribution < -0.4 is 5.73 Å². The number of rotatable bonds is 3. The lowest BCUT2D eigenvalue weighted by Crippen LogP contribution is -2.21. The zero-order valence-corrected chi connectivity index (χ0v) is 12.3. The molecule has 0 bridgehead atoms. The second-order valence-electron chi connectivity index (χ2n) is 5.98. The smallest absolute Gasteiger partial charge is 0.175 e. The molecule has 1 aliphatic carbocycles. The van der Waals surface area contributed by atoms with Crippen molar-refractivity contribution in [3.63, 3.8) is 0 Å². The van der Waals surface area contributed by atoms with Crippen LogP contribution in [0.3, 0.4) is 0 Å². The number of nitrogens with zero attached hydrogens (tertiary/aromatic N) is 1. The van der Waals surface area contributed by atoms with E-state index >= 15 is 0 Å². The molecule has 3 rings (SSSR count). The molecule has 0 amide bonds. The minimum Gasteiger partial charge on any atom is -0.380 e. The molecule has 0 atom stereocenters. The lowest BCUT2D eigenvalue weighted by molar-refractivity contribution is 0.284. The van der Waals surface area contributed by atoms with Gasteiger partial charge in [-0.3, -0.25) is 0 Å².